The molecular weight excluding hydrogens is 216 g/mol. The van der Waals surface area contributed by atoms with Crippen molar-refractivity contribution >= 4 is 0 Å². The highest BCUT2D eigenvalue weighted by Crippen LogP contribution is 2.27. The maximum Gasteiger partial charge on any atom is 0.113 e. The normalized spacial score (nSPS) is 24.3. The summed E-state index contributed by atoms with van der Waals surface area (Å²) >= 11 is 0. The first kappa shape index (κ1) is 12.3. The standard InChI is InChI=1S/C14H18O3/c1-2-6-12(15)14-13(17-14)10-16-9-11-7-4-3-5-8-11/h2-5,7-8,12-15H,1,6,9-10H2/t12-,13+,14-/m0/s1. The fourth-order valence-electron chi connectivity index (χ4n) is 1.80. The summed E-state index contributed by atoms with van der Waals surface area (Å²) in [6.07, 6.45) is 1.78. The van der Waals surface area contributed by atoms with Crippen molar-refractivity contribution in [2.45, 2.75) is 31.3 Å². The molecule has 1 aromatic carbocycles. The topological polar surface area (TPSA) is 42.0 Å². The molecule has 1 aliphatic rings. The highest BCUT2D eigenvalue weighted by molar-refractivity contribution is 5.13. The summed E-state index contributed by atoms with van der Waals surface area (Å²) in [5, 5.41) is 9.62. The van der Waals surface area contributed by atoms with Crippen LogP contribution in [0.2, 0.25) is 0 Å². The summed E-state index contributed by atoms with van der Waals surface area (Å²) in [6.45, 7) is 4.71. The number of hydrogen-bond donors (Lipinski definition) is 1. The van der Waals surface area contributed by atoms with E-state index in [2.05, 4.69) is 6.58 Å². The molecule has 3 heteroatoms. The lowest BCUT2D eigenvalue weighted by atomic mass is 10.1. The molecule has 0 aromatic heterocycles. The molecule has 1 heterocycles. The van der Waals surface area contributed by atoms with Crippen LogP contribution < -0.4 is 0 Å². The summed E-state index contributed by atoms with van der Waals surface area (Å²) in [7, 11) is 0. The lowest BCUT2D eigenvalue weighted by Gasteiger charge is -2.04. The van der Waals surface area contributed by atoms with Crippen LogP contribution in [0.3, 0.4) is 0 Å². The molecular formula is C14H18O3. The minimum absolute atomic E-state index is 0.0358. The molecule has 1 aromatic rings. The van der Waals surface area contributed by atoms with Gasteiger partial charge in [0.05, 0.1) is 19.3 Å². The molecule has 0 aliphatic carbocycles. The van der Waals surface area contributed by atoms with Crippen LogP contribution in [0.15, 0.2) is 43.0 Å². The van der Waals surface area contributed by atoms with Crippen LogP contribution in [-0.4, -0.2) is 30.0 Å². The van der Waals surface area contributed by atoms with Crippen molar-refractivity contribution in [2.24, 2.45) is 0 Å². The van der Waals surface area contributed by atoms with Gasteiger partial charge < -0.3 is 14.6 Å². The van der Waals surface area contributed by atoms with E-state index in [4.69, 9.17) is 9.47 Å². The summed E-state index contributed by atoms with van der Waals surface area (Å²) in [6, 6.07) is 10.0. The first-order valence-electron chi connectivity index (χ1n) is 5.87. The van der Waals surface area contributed by atoms with Crippen molar-refractivity contribution in [1.82, 2.24) is 0 Å². The van der Waals surface area contributed by atoms with E-state index in [9.17, 15) is 5.11 Å². The Hall–Kier alpha value is -1.16. The molecule has 1 fully saturated rings. The number of epoxide rings is 1. The van der Waals surface area contributed by atoms with Crippen molar-refractivity contribution in [3.8, 4) is 0 Å². The zero-order chi connectivity index (χ0) is 12.1. The maximum atomic E-state index is 9.62. The van der Waals surface area contributed by atoms with Gasteiger partial charge in [0.15, 0.2) is 0 Å². The van der Waals surface area contributed by atoms with E-state index < -0.39 is 6.10 Å². The smallest absolute Gasteiger partial charge is 0.113 e. The van der Waals surface area contributed by atoms with E-state index in [1.165, 1.54) is 0 Å². The van der Waals surface area contributed by atoms with Crippen LogP contribution in [0.5, 0.6) is 0 Å². The van der Waals surface area contributed by atoms with Crippen LogP contribution >= 0.6 is 0 Å². The van der Waals surface area contributed by atoms with Gasteiger partial charge in [-0.2, -0.15) is 0 Å². The Bertz CT molecular complexity index is 350. The first-order valence-corrected chi connectivity index (χ1v) is 5.87. The number of aliphatic hydroxyl groups excluding tert-OH is 1. The molecule has 3 nitrogen and oxygen atoms in total. The van der Waals surface area contributed by atoms with Crippen LogP contribution in [-0.2, 0) is 16.1 Å². The summed E-state index contributed by atoms with van der Waals surface area (Å²) in [4.78, 5) is 0. The molecule has 0 radical (unpaired) electrons. The minimum atomic E-state index is -0.446. The minimum Gasteiger partial charge on any atom is -0.390 e. The highest BCUT2D eigenvalue weighted by atomic mass is 16.6. The highest BCUT2D eigenvalue weighted by Gasteiger charge is 2.43. The van der Waals surface area contributed by atoms with Gasteiger partial charge >= 0.3 is 0 Å². The second kappa shape index (κ2) is 5.96. The average Bonchev–Trinajstić information content (AvgIpc) is 3.10. The van der Waals surface area contributed by atoms with Gasteiger partial charge in [-0.15, -0.1) is 6.58 Å². The van der Waals surface area contributed by atoms with Crippen molar-refractivity contribution < 1.29 is 14.6 Å². The van der Waals surface area contributed by atoms with E-state index >= 15 is 0 Å². The van der Waals surface area contributed by atoms with Gasteiger partial charge in [-0.25, -0.2) is 0 Å². The van der Waals surface area contributed by atoms with Crippen LogP contribution in [0.4, 0.5) is 0 Å². The Morgan fingerprint density at radius 3 is 2.88 bits per heavy atom. The first-order chi connectivity index (χ1) is 8.31. The molecule has 0 amide bonds. The molecule has 2 rings (SSSR count). The Kier molecular flexibility index (Phi) is 4.31. The Labute approximate surface area is 102 Å². The van der Waals surface area contributed by atoms with Crippen LogP contribution in [0, 0.1) is 0 Å². The second-order valence-electron chi connectivity index (χ2n) is 4.23. The zero-order valence-electron chi connectivity index (χ0n) is 9.79. The van der Waals surface area contributed by atoms with E-state index in [0.29, 0.717) is 19.6 Å². The molecule has 0 bridgehead atoms. The molecule has 0 saturated carbocycles. The fourth-order valence-corrected chi connectivity index (χ4v) is 1.80. The van der Waals surface area contributed by atoms with Gasteiger partial charge in [0.1, 0.15) is 12.2 Å². The Morgan fingerprint density at radius 2 is 2.18 bits per heavy atom. The molecule has 92 valence electrons. The SMILES string of the molecule is C=CC[C@H](O)[C@@H]1O[C@@H]1COCc1ccccc1. The van der Waals surface area contributed by atoms with Gasteiger partial charge in [0.2, 0.25) is 0 Å². The van der Waals surface area contributed by atoms with Gasteiger partial charge in [-0.1, -0.05) is 36.4 Å². The number of hydrogen-bond acceptors (Lipinski definition) is 3. The van der Waals surface area contributed by atoms with E-state index in [1.807, 2.05) is 30.3 Å². The number of ether oxygens (including phenoxy) is 2. The predicted molar refractivity (Wildman–Crippen MR) is 65.6 cm³/mol. The van der Waals surface area contributed by atoms with Gasteiger partial charge in [-0.05, 0) is 12.0 Å². The van der Waals surface area contributed by atoms with Crippen molar-refractivity contribution in [3.05, 3.63) is 48.6 Å². The molecule has 3 atom stereocenters. The van der Waals surface area contributed by atoms with Crippen molar-refractivity contribution in [3.63, 3.8) is 0 Å². The third-order valence-corrected chi connectivity index (χ3v) is 2.80. The second-order valence-corrected chi connectivity index (χ2v) is 4.23. The van der Waals surface area contributed by atoms with Crippen LogP contribution in [0.25, 0.3) is 0 Å². The molecule has 0 unspecified atom stereocenters. The predicted octanol–water partition coefficient (Wildman–Crippen LogP) is 1.91. The number of aliphatic hydroxyl groups is 1. The zero-order valence-corrected chi connectivity index (χ0v) is 9.79. The van der Waals surface area contributed by atoms with E-state index in [1.54, 1.807) is 6.08 Å². The molecule has 1 aliphatic heterocycles. The molecule has 17 heavy (non-hydrogen) atoms. The summed E-state index contributed by atoms with van der Waals surface area (Å²) in [5.74, 6) is 0. The molecule has 1 saturated heterocycles. The lowest BCUT2D eigenvalue weighted by Crippen LogP contribution is -2.18. The van der Waals surface area contributed by atoms with E-state index in [0.717, 1.165) is 5.56 Å². The third kappa shape index (κ3) is 3.66. The van der Waals surface area contributed by atoms with Crippen molar-refractivity contribution in [1.29, 1.82) is 0 Å². The quantitative estimate of drug-likeness (QED) is 0.579. The van der Waals surface area contributed by atoms with Gasteiger partial charge in [0.25, 0.3) is 0 Å². The van der Waals surface area contributed by atoms with Crippen molar-refractivity contribution in [2.75, 3.05) is 6.61 Å². The average molecular weight is 234 g/mol. The molecule has 1 N–H and O–H groups in total. The third-order valence-electron chi connectivity index (χ3n) is 2.80. The van der Waals surface area contributed by atoms with Crippen LogP contribution in [0.1, 0.15) is 12.0 Å². The number of benzene rings is 1. The molecule has 0 spiro atoms. The largest absolute Gasteiger partial charge is 0.390 e. The Morgan fingerprint density at radius 1 is 1.41 bits per heavy atom. The maximum absolute atomic E-state index is 9.62. The fraction of sp³-hybridized carbons (Fsp3) is 0.429. The summed E-state index contributed by atoms with van der Waals surface area (Å²) in [5.41, 5.74) is 1.15. The monoisotopic (exact) mass is 234 g/mol. The lowest BCUT2D eigenvalue weighted by molar-refractivity contribution is 0.104. The summed E-state index contributed by atoms with van der Waals surface area (Å²) < 4.78 is 10.9. The van der Waals surface area contributed by atoms with E-state index in [-0.39, 0.29) is 12.2 Å². The van der Waals surface area contributed by atoms with Gasteiger partial charge in [-0.3, -0.25) is 0 Å². The van der Waals surface area contributed by atoms with Gasteiger partial charge in [0, 0.05) is 0 Å². The number of rotatable bonds is 7. The Balaban J connectivity index is 1.63.